The van der Waals surface area contributed by atoms with E-state index in [-0.39, 0.29) is 0 Å². The average molecular weight is 253 g/mol. The summed E-state index contributed by atoms with van der Waals surface area (Å²) in [6, 6.07) is 10.6. The fraction of sp³-hybridized carbons (Fsp3) is 0.333. The van der Waals surface area contributed by atoms with Crippen molar-refractivity contribution < 1.29 is 0 Å². The van der Waals surface area contributed by atoms with Crippen molar-refractivity contribution in [2.45, 2.75) is 40.5 Å². The second-order valence-electron chi connectivity index (χ2n) is 5.05. The number of para-hydroxylation sites is 1. The van der Waals surface area contributed by atoms with Crippen LogP contribution >= 0.6 is 0 Å². The number of rotatable bonds is 4. The van der Waals surface area contributed by atoms with E-state index in [9.17, 15) is 0 Å². The Hall–Kier alpha value is -1.76. The Morgan fingerprint density at radius 1 is 1.05 bits per heavy atom. The van der Waals surface area contributed by atoms with E-state index >= 15 is 0 Å². The van der Waals surface area contributed by atoms with Crippen LogP contribution in [-0.2, 0) is 12.8 Å². The molecule has 0 unspecified atom stereocenters. The van der Waals surface area contributed by atoms with Crippen molar-refractivity contribution in [2.24, 2.45) is 0 Å². The Balaban J connectivity index is 2.79. The van der Waals surface area contributed by atoms with E-state index in [0.29, 0.717) is 0 Å². The molecule has 100 valence electrons. The third kappa shape index (κ3) is 2.25. The van der Waals surface area contributed by atoms with Gasteiger partial charge in [-0.15, -0.1) is 0 Å². The van der Waals surface area contributed by atoms with E-state index < -0.39 is 0 Å². The zero-order chi connectivity index (χ0) is 14.0. The first kappa shape index (κ1) is 13.7. The van der Waals surface area contributed by atoms with Gasteiger partial charge in [0, 0.05) is 22.6 Å². The molecule has 0 N–H and O–H groups in total. The highest BCUT2D eigenvalue weighted by atomic mass is 15.0. The molecule has 0 aliphatic carbocycles. The van der Waals surface area contributed by atoms with E-state index in [1.54, 1.807) is 0 Å². The predicted molar refractivity (Wildman–Crippen MR) is 84.0 cm³/mol. The van der Waals surface area contributed by atoms with Crippen LogP contribution < -0.4 is 0 Å². The van der Waals surface area contributed by atoms with Gasteiger partial charge < -0.3 is 4.57 Å². The van der Waals surface area contributed by atoms with Gasteiger partial charge in [0.15, 0.2) is 0 Å². The molecule has 0 amide bonds. The number of hydrogen-bond acceptors (Lipinski definition) is 0. The van der Waals surface area contributed by atoms with Gasteiger partial charge in [0.25, 0.3) is 0 Å². The second kappa shape index (κ2) is 5.48. The molecule has 2 rings (SSSR count). The van der Waals surface area contributed by atoms with Gasteiger partial charge in [0.1, 0.15) is 0 Å². The summed E-state index contributed by atoms with van der Waals surface area (Å²) in [6.45, 7) is 12.9. The Morgan fingerprint density at radius 3 is 2.11 bits per heavy atom. The van der Waals surface area contributed by atoms with Crippen molar-refractivity contribution >= 4 is 5.57 Å². The Labute approximate surface area is 116 Å². The summed E-state index contributed by atoms with van der Waals surface area (Å²) < 4.78 is 2.42. The molecule has 19 heavy (non-hydrogen) atoms. The number of benzene rings is 1. The summed E-state index contributed by atoms with van der Waals surface area (Å²) >= 11 is 0. The third-order valence-electron chi connectivity index (χ3n) is 3.75. The van der Waals surface area contributed by atoms with E-state index in [1.807, 2.05) is 0 Å². The van der Waals surface area contributed by atoms with Crippen molar-refractivity contribution in [3.05, 3.63) is 59.4 Å². The fourth-order valence-corrected chi connectivity index (χ4v) is 3.02. The Morgan fingerprint density at radius 2 is 1.63 bits per heavy atom. The van der Waals surface area contributed by atoms with Crippen LogP contribution in [0.4, 0.5) is 0 Å². The smallest absolute Gasteiger partial charge is 0.0455 e. The van der Waals surface area contributed by atoms with Crippen LogP contribution in [0.5, 0.6) is 0 Å². The van der Waals surface area contributed by atoms with Crippen molar-refractivity contribution in [3.8, 4) is 5.69 Å². The van der Waals surface area contributed by atoms with E-state index in [4.69, 9.17) is 0 Å². The number of aromatic nitrogens is 1. The zero-order valence-electron chi connectivity index (χ0n) is 12.5. The van der Waals surface area contributed by atoms with Crippen LogP contribution in [-0.4, -0.2) is 4.57 Å². The molecular weight excluding hydrogens is 230 g/mol. The lowest BCUT2D eigenvalue weighted by Crippen LogP contribution is -2.04. The summed E-state index contributed by atoms with van der Waals surface area (Å²) in [5, 5.41) is 0. The van der Waals surface area contributed by atoms with Crippen LogP contribution in [0, 0.1) is 6.92 Å². The molecule has 2 aromatic rings. The molecule has 0 atom stereocenters. The minimum absolute atomic E-state index is 1.03. The van der Waals surface area contributed by atoms with Crippen LogP contribution in [0.25, 0.3) is 11.3 Å². The molecule has 0 saturated heterocycles. The zero-order valence-corrected chi connectivity index (χ0v) is 12.5. The molecular formula is C18H23N. The van der Waals surface area contributed by atoms with Crippen LogP contribution in [0.2, 0.25) is 0 Å². The average Bonchev–Trinajstić information content (AvgIpc) is 2.71. The minimum Gasteiger partial charge on any atom is -0.317 e. The minimum atomic E-state index is 1.03. The molecule has 1 heterocycles. The molecule has 0 aliphatic rings. The van der Waals surface area contributed by atoms with Gasteiger partial charge >= 0.3 is 0 Å². The quantitative estimate of drug-likeness (QED) is 0.727. The molecule has 1 aromatic carbocycles. The van der Waals surface area contributed by atoms with Gasteiger partial charge in [-0.3, -0.25) is 0 Å². The molecule has 0 aliphatic heterocycles. The van der Waals surface area contributed by atoms with E-state index in [0.717, 1.165) is 12.8 Å². The van der Waals surface area contributed by atoms with E-state index in [1.165, 1.54) is 33.8 Å². The van der Waals surface area contributed by atoms with Crippen molar-refractivity contribution in [3.63, 3.8) is 0 Å². The fourth-order valence-electron chi connectivity index (χ4n) is 3.02. The third-order valence-corrected chi connectivity index (χ3v) is 3.75. The summed E-state index contributed by atoms with van der Waals surface area (Å²) in [6.07, 6.45) is 2.07. The highest BCUT2D eigenvalue weighted by Crippen LogP contribution is 2.31. The summed E-state index contributed by atoms with van der Waals surface area (Å²) in [5.41, 5.74) is 7.94. The molecule has 0 radical (unpaired) electrons. The molecule has 1 nitrogen and oxygen atoms in total. The van der Waals surface area contributed by atoms with Gasteiger partial charge in [-0.1, -0.05) is 38.6 Å². The first-order valence-electron chi connectivity index (χ1n) is 7.06. The lowest BCUT2D eigenvalue weighted by Gasteiger charge is -2.13. The number of allylic oxidation sites excluding steroid dienone is 1. The SMILES string of the molecule is C=C(C)c1c(C)c(CC)n(-c2ccccc2)c1CC. The van der Waals surface area contributed by atoms with Crippen LogP contribution in [0.3, 0.4) is 0 Å². The molecule has 0 saturated carbocycles. The first-order valence-corrected chi connectivity index (χ1v) is 7.06. The normalized spacial score (nSPS) is 10.7. The molecule has 1 heteroatoms. The molecule has 0 spiro atoms. The summed E-state index contributed by atoms with van der Waals surface area (Å²) in [4.78, 5) is 0. The van der Waals surface area contributed by atoms with Gasteiger partial charge in [0.2, 0.25) is 0 Å². The Kier molecular flexibility index (Phi) is 3.94. The maximum atomic E-state index is 4.16. The van der Waals surface area contributed by atoms with Gasteiger partial charge in [0.05, 0.1) is 0 Å². The molecule has 0 bridgehead atoms. The second-order valence-corrected chi connectivity index (χ2v) is 5.05. The Bertz CT molecular complexity index is 588. The van der Waals surface area contributed by atoms with Crippen LogP contribution in [0.1, 0.15) is 43.3 Å². The van der Waals surface area contributed by atoms with Crippen molar-refractivity contribution in [1.82, 2.24) is 4.57 Å². The largest absolute Gasteiger partial charge is 0.317 e. The summed E-state index contributed by atoms with van der Waals surface area (Å²) in [7, 11) is 0. The highest BCUT2D eigenvalue weighted by Gasteiger charge is 2.18. The van der Waals surface area contributed by atoms with Gasteiger partial charge in [-0.2, -0.15) is 0 Å². The maximum Gasteiger partial charge on any atom is 0.0455 e. The molecule has 0 fully saturated rings. The number of hydrogen-bond donors (Lipinski definition) is 0. The first-order chi connectivity index (χ1) is 9.11. The lowest BCUT2D eigenvalue weighted by molar-refractivity contribution is 0.863. The highest BCUT2D eigenvalue weighted by molar-refractivity contribution is 5.69. The maximum absolute atomic E-state index is 4.16. The molecule has 1 aromatic heterocycles. The van der Waals surface area contributed by atoms with Gasteiger partial charge in [-0.25, -0.2) is 0 Å². The lowest BCUT2D eigenvalue weighted by atomic mass is 10.0. The predicted octanol–water partition coefficient (Wildman–Crippen LogP) is 4.94. The topological polar surface area (TPSA) is 4.93 Å². The monoisotopic (exact) mass is 253 g/mol. The summed E-state index contributed by atoms with van der Waals surface area (Å²) in [5.74, 6) is 0. The van der Waals surface area contributed by atoms with Gasteiger partial charge in [-0.05, 0) is 50.0 Å². The number of nitrogens with zero attached hydrogens (tertiary/aromatic N) is 1. The van der Waals surface area contributed by atoms with Crippen molar-refractivity contribution in [2.75, 3.05) is 0 Å². The van der Waals surface area contributed by atoms with E-state index in [2.05, 4.69) is 69.2 Å². The van der Waals surface area contributed by atoms with Crippen molar-refractivity contribution in [1.29, 1.82) is 0 Å². The standard InChI is InChI=1S/C18H23N/c1-6-16-14(5)18(13(3)4)17(7-2)19(16)15-11-9-8-10-12-15/h8-12H,3,6-7H2,1-2,4-5H3. The van der Waals surface area contributed by atoms with Crippen LogP contribution in [0.15, 0.2) is 36.9 Å².